The van der Waals surface area contributed by atoms with Gasteiger partial charge in [-0.15, -0.1) is 0 Å². The number of likely N-dealkylation sites (N-methyl/N-ethyl adjacent to an activating group) is 1. The van der Waals surface area contributed by atoms with Crippen molar-refractivity contribution in [3.8, 4) is 0 Å². The van der Waals surface area contributed by atoms with Crippen molar-refractivity contribution >= 4 is 0 Å². The molecule has 0 amide bonds. The molecule has 17 heavy (non-hydrogen) atoms. The number of nitrogens with one attached hydrogen (secondary N) is 1. The molecule has 0 saturated heterocycles. The highest BCUT2D eigenvalue weighted by molar-refractivity contribution is 4.87. The summed E-state index contributed by atoms with van der Waals surface area (Å²) >= 11 is 0. The third kappa shape index (κ3) is 4.94. The molecule has 1 saturated carbocycles. The van der Waals surface area contributed by atoms with Gasteiger partial charge in [0, 0.05) is 32.3 Å². The fraction of sp³-hybridized carbons (Fsp3) is 1.00. The Morgan fingerprint density at radius 1 is 1.29 bits per heavy atom. The monoisotopic (exact) mass is 242 g/mol. The van der Waals surface area contributed by atoms with E-state index < -0.39 is 0 Å². The topological polar surface area (TPSA) is 24.5 Å². The molecule has 1 rings (SSSR count). The fourth-order valence-electron chi connectivity index (χ4n) is 2.96. The van der Waals surface area contributed by atoms with Crippen molar-refractivity contribution in [2.75, 3.05) is 33.9 Å². The molecular weight excluding hydrogens is 212 g/mol. The van der Waals surface area contributed by atoms with E-state index in [1.807, 2.05) is 0 Å². The Balaban J connectivity index is 2.57. The van der Waals surface area contributed by atoms with E-state index in [2.05, 4.69) is 31.1 Å². The van der Waals surface area contributed by atoms with Gasteiger partial charge in [-0.2, -0.15) is 0 Å². The molecule has 0 aromatic carbocycles. The Kier molecular flexibility index (Phi) is 7.09. The van der Waals surface area contributed by atoms with Crippen LogP contribution in [-0.2, 0) is 4.74 Å². The molecular formula is C14H30N2O. The fourth-order valence-corrected chi connectivity index (χ4v) is 2.96. The summed E-state index contributed by atoms with van der Waals surface area (Å²) < 4.78 is 5.25. The molecule has 1 N–H and O–H groups in total. The van der Waals surface area contributed by atoms with E-state index in [-0.39, 0.29) is 0 Å². The number of rotatable bonds is 7. The van der Waals surface area contributed by atoms with Crippen LogP contribution in [0.5, 0.6) is 0 Å². The van der Waals surface area contributed by atoms with Crippen molar-refractivity contribution in [1.29, 1.82) is 0 Å². The minimum Gasteiger partial charge on any atom is -0.383 e. The lowest BCUT2D eigenvalue weighted by atomic mass is 9.88. The normalized spacial score (nSPS) is 25.8. The maximum absolute atomic E-state index is 5.25. The van der Waals surface area contributed by atoms with Crippen LogP contribution in [0.2, 0.25) is 0 Å². The van der Waals surface area contributed by atoms with Crippen LogP contribution in [0.3, 0.4) is 0 Å². The first-order valence-corrected chi connectivity index (χ1v) is 7.09. The smallest absolute Gasteiger partial charge is 0.0589 e. The van der Waals surface area contributed by atoms with Crippen molar-refractivity contribution in [3.63, 3.8) is 0 Å². The predicted octanol–water partition coefficient (Wildman–Crippen LogP) is 2.12. The maximum atomic E-state index is 5.25. The standard InChI is InChI=1S/C14H30N2O/c1-12(2)11-16(9-10-17-4)14-8-6-5-7-13(14)15-3/h12-15H,5-11H2,1-4H3. The summed E-state index contributed by atoms with van der Waals surface area (Å²) in [5.74, 6) is 0.728. The predicted molar refractivity (Wildman–Crippen MR) is 73.4 cm³/mol. The Hall–Kier alpha value is -0.120. The molecule has 3 heteroatoms. The van der Waals surface area contributed by atoms with Crippen LogP contribution in [0.15, 0.2) is 0 Å². The number of ether oxygens (including phenoxy) is 1. The summed E-state index contributed by atoms with van der Waals surface area (Å²) in [6.07, 6.45) is 5.41. The summed E-state index contributed by atoms with van der Waals surface area (Å²) in [6, 6.07) is 1.37. The zero-order chi connectivity index (χ0) is 12.7. The highest BCUT2D eigenvalue weighted by Gasteiger charge is 2.29. The van der Waals surface area contributed by atoms with Crippen LogP contribution < -0.4 is 5.32 Å². The third-order valence-electron chi connectivity index (χ3n) is 3.75. The highest BCUT2D eigenvalue weighted by atomic mass is 16.5. The minimum atomic E-state index is 0.666. The Morgan fingerprint density at radius 2 is 2.00 bits per heavy atom. The zero-order valence-electron chi connectivity index (χ0n) is 12.0. The van der Waals surface area contributed by atoms with Crippen molar-refractivity contribution in [1.82, 2.24) is 10.2 Å². The van der Waals surface area contributed by atoms with Crippen molar-refractivity contribution in [3.05, 3.63) is 0 Å². The SMILES string of the molecule is CNC1CCCCC1N(CCOC)CC(C)C. The molecule has 0 aliphatic heterocycles. The number of hydrogen-bond donors (Lipinski definition) is 1. The summed E-state index contributed by atoms with van der Waals surface area (Å²) in [6.45, 7) is 7.71. The minimum absolute atomic E-state index is 0.666. The first-order chi connectivity index (χ1) is 8.19. The molecule has 1 aliphatic rings. The van der Waals surface area contributed by atoms with E-state index in [1.165, 1.54) is 32.2 Å². The Morgan fingerprint density at radius 3 is 2.59 bits per heavy atom. The Labute approximate surface area is 107 Å². The van der Waals surface area contributed by atoms with E-state index in [9.17, 15) is 0 Å². The highest BCUT2D eigenvalue weighted by Crippen LogP contribution is 2.23. The number of methoxy groups -OCH3 is 1. The molecule has 2 unspecified atom stereocenters. The van der Waals surface area contributed by atoms with Gasteiger partial charge in [0.25, 0.3) is 0 Å². The second-order valence-corrected chi connectivity index (χ2v) is 5.63. The van der Waals surface area contributed by atoms with Gasteiger partial charge in [0.15, 0.2) is 0 Å². The Bertz CT molecular complexity index is 197. The zero-order valence-corrected chi connectivity index (χ0v) is 12.0. The second kappa shape index (κ2) is 8.06. The molecule has 2 atom stereocenters. The van der Waals surface area contributed by atoms with Crippen LogP contribution in [0.1, 0.15) is 39.5 Å². The maximum Gasteiger partial charge on any atom is 0.0589 e. The lowest BCUT2D eigenvalue weighted by Gasteiger charge is -2.40. The average molecular weight is 242 g/mol. The van der Waals surface area contributed by atoms with E-state index in [0.29, 0.717) is 12.1 Å². The molecule has 0 bridgehead atoms. The quantitative estimate of drug-likeness (QED) is 0.740. The van der Waals surface area contributed by atoms with Crippen LogP contribution in [-0.4, -0.2) is 50.8 Å². The summed E-state index contributed by atoms with van der Waals surface area (Å²) in [7, 11) is 3.90. The molecule has 1 aliphatic carbocycles. The molecule has 0 radical (unpaired) electrons. The van der Waals surface area contributed by atoms with Gasteiger partial charge in [0.1, 0.15) is 0 Å². The third-order valence-corrected chi connectivity index (χ3v) is 3.75. The van der Waals surface area contributed by atoms with Gasteiger partial charge in [-0.05, 0) is 25.8 Å². The summed E-state index contributed by atoms with van der Waals surface area (Å²) in [5, 5.41) is 3.50. The van der Waals surface area contributed by atoms with Crippen molar-refractivity contribution in [2.45, 2.75) is 51.6 Å². The molecule has 0 aromatic heterocycles. The van der Waals surface area contributed by atoms with Gasteiger partial charge in [0.2, 0.25) is 0 Å². The van der Waals surface area contributed by atoms with Gasteiger partial charge >= 0.3 is 0 Å². The first kappa shape index (κ1) is 14.9. The summed E-state index contributed by atoms with van der Waals surface area (Å²) in [4.78, 5) is 2.63. The van der Waals surface area contributed by atoms with Crippen LogP contribution >= 0.6 is 0 Å². The van der Waals surface area contributed by atoms with E-state index in [1.54, 1.807) is 7.11 Å². The molecule has 1 fully saturated rings. The van der Waals surface area contributed by atoms with E-state index >= 15 is 0 Å². The largest absolute Gasteiger partial charge is 0.383 e. The molecule has 0 aromatic rings. The van der Waals surface area contributed by atoms with Gasteiger partial charge in [0.05, 0.1) is 6.61 Å². The lowest BCUT2D eigenvalue weighted by Crippen LogP contribution is -2.52. The van der Waals surface area contributed by atoms with Crippen molar-refractivity contribution in [2.24, 2.45) is 5.92 Å². The molecule has 3 nitrogen and oxygen atoms in total. The van der Waals surface area contributed by atoms with Crippen LogP contribution in [0, 0.1) is 5.92 Å². The van der Waals surface area contributed by atoms with Gasteiger partial charge in [-0.1, -0.05) is 26.7 Å². The van der Waals surface area contributed by atoms with Gasteiger partial charge < -0.3 is 10.1 Å². The van der Waals surface area contributed by atoms with Crippen LogP contribution in [0.25, 0.3) is 0 Å². The molecule has 0 spiro atoms. The van der Waals surface area contributed by atoms with Gasteiger partial charge in [-0.3, -0.25) is 4.90 Å². The lowest BCUT2D eigenvalue weighted by molar-refractivity contribution is 0.0763. The average Bonchev–Trinajstić information content (AvgIpc) is 2.34. The molecule has 102 valence electrons. The number of nitrogens with zero attached hydrogens (tertiary/aromatic N) is 1. The first-order valence-electron chi connectivity index (χ1n) is 7.09. The second-order valence-electron chi connectivity index (χ2n) is 5.63. The van der Waals surface area contributed by atoms with E-state index in [4.69, 9.17) is 4.74 Å². The van der Waals surface area contributed by atoms with Gasteiger partial charge in [-0.25, -0.2) is 0 Å². The molecule has 0 heterocycles. The summed E-state index contributed by atoms with van der Waals surface area (Å²) in [5.41, 5.74) is 0. The van der Waals surface area contributed by atoms with Crippen molar-refractivity contribution < 1.29 is 4.74 Å². The van der Waals surface area contributed by atoms with E-state index in [0.717, 1.165) is 19.1 Å². The van der Waals surface area contributed by atoms with Crippen LogP contribution in [0.4, 0.5) is 0 Å². The number of hydrogen-bond acceptors (Lipinski definition) is 3.